The van der Waals surface area contributed by atoms with Crippen LogP contribution in [0, 0.1) is 5.41 Å². The summed E-state index contributed by atoms with van der Waals surface area (Å²) in [4.78, 5) is 25.1. The summed E-state index contributed by atoms with van der Waals surface area (Å²) in [5.74, 6) is 0.267. The number of rotatable bonds is 1. The maximum atomic E-state index is 11.7. The monoisotopic (exact) mass is 237 g/mol. The first-order valence-electron chi connectivity index (χ1n) is 6.00. The molecule has 1 fully saturated rings. The molecule has 5 nitrogen and oxygen atoms in total. The molecule has 1 saturated carbocycles. The lowest BCUT2D eigenvalue weighted by Crippen LogP contribution is -2.36. The summed E-state index contributed by atoms with van der Waals surface area (Å²) in [6.45, 7) is 4.48. The van der Waals surface area contributed by atoms with Gasteiger partial charge in [-0.2, -0.15) is 0 Å². The van der Waals surface area contributed by atoms with E-state index in [9.17, 15) is 9.59 Å². The van der Waals surface area contributed by atoms with Gasteiger partial charge in [-0.05, 0) is 31.1 Å². The van der Waals surface area contributed by atoms with Crippen LogP contribution < -0.4 is 17.0 Å². The summed E-state index contributed by atoms with van der Waals surface area (Å²) in [7, 11) is 0. The van der Waals surface area contributed by atoms with Gasteiger partial charge in [-0.1, -0.05) is 13.8 Å². The highest BCUT2D eigenvalue weighted by Gasteiger charge is 2.28. The maximum absolute atomic E-state index is 11.7. The lowest BCUT2D eigenvalue weighted by Gasteiger charge is -2.35. The van der Waals surface area contributed by atoms with E-state index in [-0.39, 0.29) is 17.5 Å². The number of anilines is 1. The van der Waals surface area contributed by atoms with Crippen LogP contribution in [0.5, 0.6) is 0 Å². The first-order valence-corrected chi connectivity index (χ1v) is 6.00. The largest absolute Gasteiger partial charge is 0.385 e. The molecule has 0 amide bonds. The number of nitrogen functional groups attached to an aromatic ring is 1. The lowest BCUT2D eigenvalue weighted by molar-refractivity contribution is 0.191. The van der Waals surface area contributed by atoms with E-state index in [1.165, 1.54) is 10.6 Å². The van der Waals surface area contributed by atoms with Gasteiger partial charge < -0.3 is 5.73 Å². The fraction of sp³-hybridized carbons (Fsp3) is 0.667. The minimum Gasteiger partial charge on any atom is -0.385 e. The fourth-order valence-electron chi connectivity index (χ4n) is 2.54. The Balaban J connectivity index is 2.31. The molecule has 94 valence electrons. The molecular weight excluding hydrogens is 218 g/mol. The molecule has 1 aromatic rings. The zero-order valence-corrected chi connectivity index (χ0v) is 10.3. The highest BCUT2D eigenvalue weighted by molar-refractivity contribution is 5.27. The number of nitrogens with zero attached hydrogens (tertiary/aromatic N) is 1. The minimum atomic E-state index is -0.431. The molecule has 1 aromatic heterocycles. The summed E-state index contributed by atoms with van der Waals surface area (Å²) in [6, 6.07) is 1.40. The highest BCUT2D eigenvalue weighted by Crippen LogP contribution is 2.39. The van der Waals surface area contributed by atoms with Crippen LogP contribution in [0.3, 0.4) is 0 Å². The zero-order chi connectivity index (χ0) is 12.6. The fourth-order valence-corrected chi connectivity index (χ4v) is 2.54. The first-order chi connectivity index (χ1) is 7.89. The van der Waals surface area contributed by atoms with E-state index in [2.05, 4.69) is 18.8 Å². The number of hydrogen-bond acceptors (Lipinski definition) is 3. The topological polar surface area (TPSA) is 80.9 Å². The summed E-state index contributed by atoms with van der Waals surface area (Å²) in [5, 5.41) is 0. The van der Waals surface area contributed by atoms with Crippen LogP contribution in [0.15, 0.2) is 15.7 Å². The second-order valence-electron chi connectivity index (χ2n) is 5.63. The molecule has 0 saturated heterocycles. The van der Waals surface area contributed by atoms with Gasteiger partial charge in [0.2, 0.25) is 0 Å². The van der Waals surface area contributed by atoms with Crippen LogP contribution in [-0.4, -0.2) is 9.55 Å². The minimum absolute atomic E-state index is 0.118. The van der Waals surface area contributed by atoms with E-state index in [1.807, 2.05) is 0 Å². The SMILES string of the molecule is CC1(C)CCC(n2c(N)cc(=O)[nH]c2=O)CC1. The standard InChI is InChI=1S/C12H19N3O2/c1-12(2)5-3-8(4-6-12)15-9(13)7-10(16)14-11(15)17/h7-8H,3-6,13H2,1-2H3,(H,14,16,17). The Bertz CT molecular complexity index is 517. The normalized spacial score (nSPS) is 20.4. The molecule has 0 spiro atoms. The Labute approximate surface area is 99.7 Å². The molecule has 17 heavy (non-hydrogen) atoms. The summed E-state index contributed by atoms with van der Waals surface area (Å²) < 4.78 is 1.52. The van der Waals surface area contributed by atoms with Gasteiger partial charge in [0.15, 0.2) is 0 Å². The van der Waals surface area contributed by atoms with Crippen molar-refractivity contribution in [1.82, 2.24) is 9.55 Å². The molecule has 1 heterocycles. The van der Waals surface area contributed by atoms with E-state index < -0.39 is 5.56 Å². The molecule has 0 radical (unpaired) electrons. The van der Waals surface area contributed by atoms with Crippen molar-refractivity contribution in [3.8, 4) is 0 Å². The Hall–Kier alpha value is -1.52. The Kier molecular flexibility index (Phi) is 2.85. The summed E-state index contributed by atoms with van der Waals surface area (Å²) in [6.07, 6.45) is 4.01. The number of H-pyrrole nitrogens is 1. The molecule has 5 heteroatoms. The van der Waals surface area contributed by atoms with Crippen molar-refractivity contribution in [3.63, 3.8) is 0 Å². The molecule has 1 aliphatic carbocycles. The van der Waals surface area contributed by atoms with Crippen LogP contribution in [0.25, 0.3) is 0 Å². The molecule has 0 atom stereocenters. The number of nitrogens with two attached hydrogens (primary N) is 1. The number of aromatic amines is 1. The number of hydrogen-bond donors (Lipinski definition) is 2. The van der Waals surface area contributed by atoms with Gasteiger partial charge in [-0.3, -0.25) is 14.3 Å². The smallest absolute Gasteiger partial charge is 0.330 e. The van der Waals surface area contributed by atoms with Gasteiger partial charge >= 0.3 is 5.69 Å². The van der Waals surface area contributed by atoms with E-state index in [0.717, 1.165) is 25.7 Å². The van der Waals surface area contributed by atoms with Gasteiger partial charge in [-0.25, -0.2) is 4.79 Å². The van der Waals surface area contributed by atoms with Crippen LogP contribution in [0.2, 0.25) is 0 Å². The van der Waals surface area contributed by atoms with Crippen molar-refractivity contribution in [2.45, 2.75) is 45.6 Å². The second kappa shape index (κ2) is 4.05. The van der Waals surface area contributed by atoms with Crippen LogP contribution >= 0.6 is 0 Å². The van der Waals surface area contributed by atoms with E-state index in [4.69, 9.17) is 5.73 Å². The summed E-state index contributed by atoms with van der Waals surface area (Å²) in [5.41, 5.74) is 5.29. The van der Waals surface area contributed by atoms with E-state index in [1.54, 1.807) is 0 Å². The van der Waals surface area contributed by atoms with Gasteiger partial charge in [0.25, 0.3) is 5.56 Å². The molecule has 0 aliphatic heterocycles. The maximum Gasteiger partial charge on any atom is 0.330 e. The quantitative estimate of drug-likeness (QED) is 0.771. The van der Waals surface area contributed by atoms with Gasteiger partial charge in [0, 0.05) is 12.1 Å². The molecule has 0 aromatic carbocycles. The molecule has 3 N–H and O–H groups in total. The number of nitrogens with one attached hydrogen (secondary N) is 1. The molecule has 1 aliphatic rings. The third-order valence-electron chi connectivity index (χ3n) is 3.68. The van der Waals surface area contributed by atoms with Crippen molar-refractivity contribution in [2.24, 2.45) is 5.41 Å². The van der Waals surface area contributed by atoms with E-state index in [0.29, 0.717) is 5.41 Å². The predicted molar refractivity (Wildman–Crippen MR) is 67.0 cm³/mol. The first kappa shape index (κ1) is 12.0. The van der Waals surface area contributed by atoms with Crippen molar-refractivity contribution < 1.29 is 0 Å². The van der Waals surface area contributed by atoms with Gasteiger partial charge in [-0.15, -0.1) is 0 Å². The van der Waals surface area contributed by atoms with Crippen LogP contribution in [-0.2, 0) is 0 Å². The van der Waals surface area contributed by atoms with E-state index >= 15 is 0 Å². The average Bonchev–Trinajstić information content (AvgIpc) is 2.19. The average molecular weight is 237 g/mol. The van der Waals surface area contributed by atoms with Crippen molar-refractivity contribution in [2.75, 3.05) is 5.73 Å². The lowest BCUT2D eigenvalue weighted by atomic mass is 9.75. The van der Waals surface area contributed by atoms with Gasteiger partial charge in [0.1, 0.15) is 5.82 Å². The predicted octanol–water partition coefficient (Wildman–Crippen LogP) is 1.26. The third-order valence-corrected chi connectivity index (χ3v) is 3.68. The second-order valence-corrected chi connectivity index (χ2v) is 5.63. The highest BCUT2D eigenvalue weighted by atomic mass is 16.2. The Morgan fingerprint density at radius 2 is 1.94 bits per heavy atom. The van der Waals surface area contributed by atoms with Crippen LogP contribution in [0.4, 0.5) is 5.82 Å². The Morgan fingerprint density at radius 1 is 1.35 bits per heavy atom. The molecule has 0 unspecified atom stereocenters. The van der Waals surface area contributed by atoms with Crippen molar-refractivity contribution in [1.29, 1.82) is 0 Å². The third kappa shape index (κ3) is 2.43. The molecule has 0 bridgehead atoms. The number of aromatic nitrogens is 2. The molecular formula is C12H19N3O2. The molecule has 2 rings (SSSR count). The van der Waals surface area contributed by atoms with Crippen molar-refractivity contribution >= 4 is 5.82 Å². The zero-order valence-electron chi connectivity index (χ0n) is 10.3. The Morgan fingerprint density at radius 3 is 2.47 bits per heavy atom. The summed E-state index contributed by atoms with van der Waals surface area (Å²) >= 11 is 0. The van der Waals surface area contributed by atoms with Crippen LogP contribution in [0.1, 0.15) is 45.6 Å². The van der Waals surface area contributed by atoms with Gasteiger partial charge in [0.05, 0.1) is 0 Å². The van der Waals surface area contributed by atoms with Crippen molar-refractivity contribution in [3.05, 3.63) is 26.9 Å².